The predicted molar refractivity (Wildman–Crippen MR) is 115 cm³/mol. The molecule has 9 nitrogen and oxygen atoms in total. The molecule has 0 saturated heterocycles. The summed E-state index contributed by atoms with van der Waals surface area (Å²) < 4.78 is 2.33. The minimum Gasteiger partial charge on any atom is -0.258 e. The van der Waals surface area contributed by atoms with Gasteiger partial charge in [0.15, 0.2) is 0 Å². The number of aromatic nitrogens is 6. The number of nitrogens with zero attached hydrogens (tertiary/aromatic N) is 7. The quantitative estimate of drug-likeness (QED) is 0.211. The van der Waals surface area contributed by atoms with E-state index in [1.54, 1.807) is 41.2 Å². The summed E-state index contributed by atoms with van der Waals surface area (Å²) >= 11 is 14.2. The van der Waals surface area contributed by atoms with Crippen molar-refractivity contribution in [1.82, 2.24) is 30.0 Å². The van der Waals surface area contributed by atoms with Crippen LogP contribution in [0.1, 0.15) is 5.56 Å². The number of hydrogen-bond acceptors (Lipinski definition) is 6. The molecule has 0 saturated carbocycles. The molecular weight excluding hydrogens is 532 g/mol. The maximum absolute atomic E-state index is 10.7. The van der Waals surface area contributed by atoms with Gasteiger partial charge in [0.05, 0.1) is 22.7 Å². The van der Waals surface area contributed by atoms with E-state index in [4.69, 9.17) is 23.2 Å². The summed E-state index contributed by atoms with van der Waals surface area (Å²) in [6.45, 7) is 0.333. The van der Waals surface area contributed by atoms with Crippen LogP contribution in [-0.2, 0) is 6.54 Å². The lowest BCUT2D eigenvalue weighted by Crippen LogP contribution is -2.04. The van der Waals surface area contributed by atoms with Crippen LogP contribution in [0.15, 0.2) is 48.7 Å². The average molecular weight is 542 g/mol. The number of rotatable bonds is 5. The number of hydrogen-bond donors (Lipinski definition) is 0. The first-order chi connectivity index (χ1) is 13.9. The number of nitro benzene ring substituents is 1. The van der Waals surface area contributed by atoms with Crippen molar-refractivity contribution >= 4 is 51.5 Å². The van der Waals surface area contributed by atoms with Crippen LogP contribution in [0, 0.1) is 13.8 Å². The minimum atomic E-state index is -0.442. The van der Waals surface area contributed by atoms with Crippen LogP contribution in [0.25, 0.3) is 17.1 Å². The zero-order valence-corrected chi connectivity index (χ0v) is 18.1. The Balaban J connectivity index is 1.58. The Hall–Kier alpha value is -2.57. The van der Waals surface area contributed by atoms with Crippen molar-refractivity contribution in [3.05, 3.63) is 78.1 Å². The Morgan fingerprint density at radius 1 is 1.07 bits per heavy atom. The Kier molecular flexibility index (Phi) is 5.48. The van der Waals surface area contributed by atoms with Gasteiger partial charge in [-0.15, -0.1) is 10.2 Å². The van der Waals surface area contributed by atoms with Crippen LogP contribution in [-0.4, -0.2) is 34.9 Å². The number of nitro groups is 1. The largest absolute Gasteiger partial charge is 0.269 e. The highest BCUT2D eigenvalue weighted by Crippen LogP contribution is 2.26. The molecule has 0 atom stereocenters. The SMILES string of the molecule is O=[N+]([O-])c1ccc(Cn2nnc(-c3cn(-c4cc(Cl)cc(Cl)c4)nc3I)n2)cc1. The van der Waals surface area contributed by atoms with Crippen LogP contribution >= 0.6 is 45.8 Å². The van der Waals surface area contributed by atoms with Crippen LogP contribution in [0.3, 0.4) is 0 Å². The van der Waals surface area contributed by atoms with Crippen molar-refractivity contribution in [3.8, 4) is 17.1 Å². The van der Waals surface area contributed by atoms with E-state index in [2.05, 4.69) is 43.1 Å². The van der Waals surface area contributed by atoms with Crippen LogP contribution < -0.4 is 0 Å². The molecule has 2 aromatic heterocycles. The van der Waals surface area contributed by atoms with Crippen LogP contribution in [0.4, 0.5) is 5.69 Å². The topological polar surface area (TPSA) is 105 Å². The Labute approximate surface area is 187 Å². The molecule has 0 aliphatic carbocycles. The number of non-ortho nitro benzene ring substituents is 1. The molecule has 4 aromatic rings. The second-order valence-electron chi connectivity index (χ2n) is 5.97. The van der Waals surface area contributed by atoms with Crippen molar-refractivity contribution in [2.75, 3.05) is 0 Å². The van der Waals surface area contributed by atoms with E-state index in [0.29, 0.717) is 37.4 Å². The molecule has 0 unspecified atom stereocenters. The molecule has 2 aromatic carbocycles. The van der Waals surface area contributed by atoms with Gasteiger partial charge in [0.2, 0.25) is 5.82 Å². The van der Waals surface area contributed by atoms with Gasteiger partial charge in [-0.25, -0.2) is 4.68 Å². The van der Waals surface area contributed by atoms with Gasteiger partial charge in [0, 0.05) is 28.4 Å². The molecule has 0 spiro atoms. The third kappa shape index (κ3) is 4.38. The molecule has 0 bridgehead atoms. The lowest BCUT2D eigenvalue weighted by Gasteiger charge is -2.02. The summed E-state index contributed by atoms with van der Waals surface area (Å²) in [6.07, 6.45) is 1.77. The highest BCUT2D eigenvalue weighted by Gasteiger charge is 2.16. The van der Waals surface area contributed by atoms with E-state index in [1.165, 1.54) is 16.9 Å². The standard InChI is InChI=1S/C17H10Cl2IN7O2/c18-11-5-12(19)7-14(6-11)25-9-15(16(20)22-25)17-21-24-26(23-17)8-10-1-3-13(4-2-10)27(28)29/h1-7,9H,8H2. The first-order valence-electron chi connectivity index (χ1n) is 8.12. The summed E-state index contributed by atoms with van der Waals surface area (Å²) in [5.41, 5.74) is 2.27. The third-order valence-electron chi connectivity index (χ3n) is 3.95. The molecule has 4 rings (SSSR count). The van der Waals surface area contributed by atoms with Gasteiger partial charge >= 0.3 is 0 Å². The molecular formula is C17H10Cl2IN7O2. The van der Waals surface area contributed by atoms with Gasteiger partial charge in [-0.3, -0.25) is 10.1 Å². The lowest BCUT2D eigenvalue weighted by atomic mass is 10.2. The smallest absolute Gasteiger partial charge is 0.258 e. The highest BCUT2D eigenvalue weighted by atomic mass is 127. The van der Waals surface area contributed by atoms with E-state index >= 15 is 0 Å². The van der Waals surface area contributed by atoms with Crippen molar-refractivity contribution < 1.29 is 4.92 Å². The van der Waals surface area contributed by atoms with Gasteiger partial charge in [0.25, 0.3) is 5.69 Å². The van der Waals surface area contributed by atoms with Crippen molar-refractivity contribution in [2.45, 2.75) is 6.54 Å². The van der Waals surface area contributed by atoms with E-state index in [-0.39, 0.29) is 5.69 Å². The average Bonchev–Trinajstić information content (AvgIpc) is 3.28. The van der Waals surface area contributed by atoms with Crippen LogP contribution in [0.5, 0.6) is 0 Å². The Morgan fingerprint density at radius 2 is 1.76 bits per heavy atom. The van der Waals surface area contributed by atoms with Crippen molar-refractivity contribution in [2.24, 2.45) is 0 Å². The molecule has 0 fully saturated rings. The van der Waals surface area contributed by atoms with E-state index < -0.39 is 4.92 Å². The predicted octanol–water partition coefficient (Wildman–Crippen LogP) is 4.39. The first-order valence-corrected chi connectivity index (χ1v) is 9.95. The molecule has 146 valence electrons. The number of benzene rings is 2. The highest BCUT2D eigenvalue weighted by molar-refractivity contribution is 14.1. The fraction of sp³-hybridized carbons (Fsp3) is 0.0588. The summed E-state index contributed by atoms with van der Waals surface area (Å²) in [7, 11) is 0. The Bertz CT molecular complexity index is 1190. The van der Waals surface area contributed by atoms with Crippen LogP contribution in [0.2, 0.25) is 10.0 Å². The van der Waals surface area contributed by atoms with E-state index in [0.717, 1.165) is 5.56 Å². The molecule has 12 heteroatoms. The van der Waals surface area contributed by atoms with Gasteiger partial charge < -0.3 is 0 Å². The maximum atomic E-state index is 10.7. The number of tetrazole rings is 1. The molecule has 0 aliphatic heterocycles. The molecule has 0 amide bonds. The summed E-state index contributed by atoms with van der Waals surface area (Å²) in [6, 6.07) is 11.3. The Morgan fingerprint density at radius 3 is 2.41 bits per heavy atom. The van der Waals surface area contributed by atoms with Gasteiger partial charge in [-0.05, 0) is 51.6 Å². The lowest BCUT2D eigenvalue weighted by molar-refractivity contribution is -0.384. The first kappa shape index (κ1) is 19.7. The van der Waals surface area contributed by atoms with Gasteiger partial charge in [-0.2, -0.15) is 9.90 Å². The molecule has 29 heavy (non-hydrogen) atoms. The molecule has 0 radical (unpaired) electrons. The van der Waals surface area contributed by atoms with E-state index in [9.17, 15) is 10.1 Å². The zero-order valence-electron chi connectivity index (χ0n) is 14.4. The summed E-state index contributed by atoms with van der Waals surface area (Å²) in [4.78, 5) is 11.7. The molecule has 0 aliphatic rings. The molecule has 2 heterocycles. The van der Waals surface area contributed by atoms with Gasteiger partial charge in [0.1, 0.15) is 3.70 Å². The minimum absolute atomic E-state index is 0.0316. The molecule has 0 N–H and O–H groups in total. The number of halogens is 3. The summed E-state index contributed by atoms with van der Waals surface area (Å²) in [5.74, 6) is 0.413. The van der Waals surface area contributed by atoms with Crippen molar-refractivity contribution in [1.29, 1.82) is 0 Å². The zero-order chi connectivity index (χ0) is 20.5. The fourth-order valence-electron chi connectivity index (χ4n) is 2.61. The summed E-state index contributed by atoms with van der Waals surface area (Å²) in [5, 5.41) is 28.8. The maximum Gasteiger partial charge on any atom is 0.269 e. The van der Waals surface area contributed by atoms with Crippen molar-refractivity contribution in [3.63, 3.8) is 0 Å². The second-order valence-corrected chi connectivity index (χ2v) is 7.87. The van der Waals surface area contributed by atoms with E-state index in [1.807, 2.05) is 0 Å². The second kappa shape index (κ2) is 8.05. The fourth-order valence-corrected chi connectivity index (χ4v) is 3.74. The normalized spacial score (nSPS) is 11.0. The van der Waals surface area contributed by atoms with Gasteiger partial charge in [-0.1, -0.05) is 35.3 Å². The third-order valence-corrected chi connectivity index (χ3v) is 5.18. The monoisotopic (exact) mass is 541 g/mol.